The predicted molar refractivity (Wildman–Crippen MR) is 155 cm³/mol. The molecule has 1 aromatic carbocycles. The van der Waals surface area contributed by atoms with Gasteiger partial charge >= 0.3 is 6.18 Å². The summed E-state index contributed by atoms with van der Waals surface area (Å²) in [7, 11) is 2.20. The quantitative estimate of drug-likeness (QED) is 0.305. The summed E-state index contributed by atoms with van der Waals surface area (Å²) in [6.45, 7) is 3.26. The molecule has 4 bridgehead atoms. The van der Waals surface area contributed by atoms with Gasteiger partial charge in [-0.15, -0.1) is 0 Å². The fourth-order valence-corrected chi connectivity index (χ4v) is 7.05. The van der Waals surface area contributed by atoms with E-state index in [1.165, 1.54) is 30.9 Å². The summed E-state index contributed by atoms with van der Waals surface area (Å²) in [5, 5.41) is 0. The van der Waals surface area contributed by atoms with Crippen LogP contribution in [0.4, 0.5) is 22.0 Å². The van der Waals surface area contributed by atoms with Gasteiger partial charge in [0.15, 0.2) is 0 Å². The zero-order valence-corrected chi connectivity index (χ0v) is 24.7. The molecule has 1 amide bonds. The molecule has 0 aliphatic carbocycles. The van der Waals surface area contributed by atoms with Crippen LogP contribution in [0.1, 0.15) is 87.8 Å². The Morgan fingerprint density at radius 1 is 1.02 bits per heavy atom. The number of aliphatic imine (C=N–C) groups is 1. The fourth-order valence-electron chi connectivity index (χ4n) is 7.05. The summed E-state index contributed by atoms with van der Waals surface area (Å²) in [5.74, 6) is -2.83. The Hall–Kier alpha value is -2.55. The van der Waals surface area contributed by atoms with Crippen LogP contribution >= 0.6 is 0 Å². The number of amides is 1. The largest absolute Gasteiger partial charge is 0.416 e. The van der Waals surface area contributed by atoms with Crippen molar-refractivity contribution in [3.05, 3.63) is 58.2 Å². The van der Waals surface area contributed by atoms with Crippen LogP contribution in [0.3, 0.4) is 0 Å². The van der Waals surface area contributed by atoms with E-state index < -0.39 is 29.6 Å². The van der Waals surface area contributed by atoms with Crippen LogP contribution in [0.2, 0.25) is 0 Å². The van der Waals surface area contributed by atoms with Crippen LogP contribution in [0.25, 0.3) is 0 Å². The average Bonchev–Trinajstić information content (AvgIpc) is 3.11. The molecule has 0 spiro atoms. The summed E-state index contributed by atoms with van der Waals surface area (Å²) in [6.07, 6.45) is 7.19. The van der Waals surface area contributed by atoms with Crippen molar-refractivity contribution < 1.29 is 26.7 Å². The van der Waals surface area contributed by atoms with Crippen molar-refractivity contribution >= 4 is 11.6 Å². The highest BCUT2D eigenvalue weighted by Crippen LogP contribution is 2.38. The van der Waals surface area contributed by atoms with Gasteiger partial charge in [-0.05, 0) is 112 Å². The lowest BCUT2D eigenvalue weighted by Crippen LogP contribution is -2.37. The summed E-state index contributed by atoms with van der Waals surface area (Å²) < 4.78 is 68.9. The lowest BCUT2D eigenvalue weighted by atomic mass is 9.86. The number of likely N-dealkylation sites (N-methyl/N-ethyl adjacent to an activating group) is 1. The normalized spacial score (nSPS) is 25.5. The number of carbonyl (C=O) groups is 1. The molecule has 3 atom stereocenters. The molecule has 4 nitrogen and oxygen atoms in total. The lowest BCUT2D eigenvalue weighted by molar-refractivity contribution is -0.138. The number of nitrogens with zero attached hydrogens (tertiary/aromatic N) is 3. The highest BCUT2D eigenvalue weighted by atomic mass is 19.4. The highest BCUT2D eigenvalue weighted by molar-refractivity contribution is 6.09. The molecule has 0 radical (unpaired) electrons. The van der Waals surface area contributed by atoms with Gasteiger partial charge in [0, 0.05) is 50.1 Å². The van der Waals surface area contributed by atoms with E-state index in [0.717, 1.165) is 56.5 Å². The standard InChI is InChI=1S/C33H42F5N3O/c1-3-32(34,35)26-15-23(16-27(20-26)33(36,37)38)6-4-8-31(42)41-13-5-7-22-11-12-39-30(17-24(14-22)21-41)25-18-28-9-10-29(19-25)40(28)2/h15-18,20,22,28-29H,3-14,19,21H2,1-2H3. The maximum atomic E-state index is 14.3. The van der Waals surface area contributed by atoms with E-state index in [2.05, 4.69) is 24.1 Å². The molecule has 2 fully saturated rings. The summed E-state index contributed by atoms with van der Waals surface area (Å²) in [6, 6.07) is 3.65. The number of rotatable bonds is 7. The number of fused-ring (bicyclic) bond motifs is 4. The van der Waals surface area contributed by atoms with Crippen molar-refractivity contribution in [1.29, 1.82) is 0 Å². The molecule has 3 unspecified atom stereocenters. The van der Waals surface area contributed by atoms with Gasteiger partial charge in [0.25, 0.3) is 5.92 Å². The molecule has 2 saturated heterocycles. The smallest absolute Gasteiger partial charge is 0.339 e. The van der Waals surface area contributed by atoms with Gasteiger partial charge in [-0.3, -0.25) is 14.7 Å². The van der Waals surface area contributed by atoms with Gasteiger partial charge in [0.1, 0.15) is 0 Å². The second-order valence-corrected chi connectivity index (χ2v) is 12.6. The molecule has 4 aliphatic heterocycles. The van der Waals surface area contributed by atoms with Crippen molar-refractivity contribution in [3.8, 4) is 0 Å². The Bertz CT molecular complexity index is 1250. The minimum Gasteiger partial charge on any atom is -0.339 e. The van der Waals surface area contributed by atoms with Crippen molar-refractivity contribution in [2.45, 2.75) is 102 Å². The number of benzene rings is 1. The third kappa shape index (κ3) is 7.14. The van der Waals surface area contributed by atoms with Gasteiger partial charge in [-0.25, -0.2) is 8.78 Å². The Kier molecular flexibility index (Phi) is 9.26. The topological polar surface area (TPSA) is 35.9 Å². The Balaban J connectivity index is 1.26. The van der Waals surface area contributed by atoms with Crippen LogP contribution in [-0.4, -0.2) is 60.2 Å². The van der Waals surface area contributed by atoms with E-state index in [9.17, 15) is 26.7 Å². The molecule has 230 valence electrons. The van der Waals surface area contributed by atoms with Crippen molar-refractivity contribution in [2.24, 2.45) is 10.9 Å². The molecule has 0 saturated carbocycles. The van der Waals surface area contributed by atoms with Gasteiger partial charge < -0.3 is 4.90 Å². The maximum absolute atomic E-state index is 14.3. The molecule has 9 heteroatoms. The van der Waals surface area contributed by atoms with E-state index in [-0.39, 0.29) is 24.3 Å². The molecule has 4 aliphatic rings. The van der Waals surface area contributed by atoms with E-state index in [1.807, 2.05) is 4.90 Å². The van der Waals surface area contributed by atoms with Crippen molar-refractivity contribution in [1.82, 2.24) is 9.80 Å². The van der Waals surface area contributed by atoms with E-state index in [1.54, 1.807) is 0 Å². The van der Waals surface area contributed by atoms with E-state index in [4.69, 9.17) is 4.99 Å². The van der Waals surface area contributed by atoms with Gasteiger partial charge in [-0.2, -0.15) is 13.2 Å². The number of likely N-dealkylation sites (tertiary alicyclic amines) is 1. The second kappa shape index (κ2) is 12.6. The zero-order chi connectivity index (χ0) is 30.1. The number of aryl methyl sites for hydroxylation is 1. The number of alkyl halides is 5. The van der Waals surface area contributed by atoms with E-state index in [0.29, 0.717) is 43.6 Å². The number of hydrogen-bond acceptors (Lipinski definition) is 3. The first-order valence-corrected chi connectivity index (χ1v) is 15.5. The Labute approximate surface area is 245 Å². The molecule has 0 N–H and O–H groups in total. The molecule has 1 aromatic rings. The lowest BCUT2D eigenvalue weighted by Gasteiger charge is -2.33. The number of hydrogen-bond donors (Lipinski definition) is 0. The molecule has 4 heterocycles. The first-order chi connectivity index (χ1) is 19.9. The summed E-state index contributed by atoms with van der Waals surface area (Å²) >= 11 is 0. The van der Waals surface area contributed by atoms with Crippen LogP contribution in [0.15, 0.2) is 46.5 Å². The maximum Gasteiger partial charge on any atom is 0.416 e. The summed E-state index contributed by atoms with van der Waals surface area (Å²) in [5.41, 5.74) is 2.07. The predicted octanol–water partition coefficient (Wildman–Crippen LogP) is 7.72. The second-order valence-electron chi connectivity index (χ2n) is 12.6. The Morgan fingerprint density at radius 2 is 1.81 bits per heavy atom. The highest BCUT2D eigenvalue weighted by Gasteiger charge is 2.37. The summed E-state index contributed by atoms with van der Waals surface area (Å²) in [4.78, 5) is 22.7. The third-order valence-corrected chi connectivity index (χ3v) is 9.61. The number of allylic oxidation sites excluding steroid dienone is 1. The van der Waals surface area contributed by atoms with Crippen LogP contribution < -0.4 is 0 Å². The minimum atomic E-state index is -4.72. The monoisotopic (exact) mass is 591 g/mol. The van der Waals surface area contributed by atoms with Gasteiger partial charge in [-0.1, -0.05) is 13.0 Å². The molecule has 42 heavy (non-hydrogen) atoms. The Morgan fingerprint density at radius 3 is 2.55 bits per heavy atom. The van der Waals surface area contributed by atoms with Crippen molar-refractivity contribution in [3.63, 3.8) is 0 Å². The van der Waals surface area contributed by atoms with Gasteiger partial charge in [0.05, 0.1) is 11.3 Å². The van der Waals surface area contributed by atoms with Gasteiger partial charge in [0.2, 0.25) is 5.91 Å². The fraction of sp³-hybridized carbons (Fsp3) is 0.636. The third-order valence-electron chi connectivity index (χ3n) is 9.61. The SMILES string of the molecule is CCC(F)(F)c1cc(CCCC(=O)N2CCCC3CCN=C(C4=CC5CCC(C4)N5C)C=C(C3)C2)cc(C(F)(F)F)c1. The molecular weight excluding hydrogens is 549 g/mol. The molecular formula is C33H42F5N3O. The zero-order valence-electron chi connectivity index (χ0n) is 24.7. The van der Waals surface area contributed by atoms with E-state index >= 15 is 0 Å². The minimum absolute atomic E-state index is 0.0439. The van der Waals surface area contributed by atoms with Crippen LogP contribution in [-0.2, 0) is 23.3 Å². The van der Waals surface area contributed by atoms with Crippen molar-refractivity contribution in [2.75, 3.05) is 26.7 Å². The first kappa shape index (κ1) is 30.9. The number of carbonyl (C=O) groups excluding carboxylic acids is 1. The van der Waals surface area contributed by atoms with Crippen LogP contribution in [0, 0.1) is 5.92 Å². The first-order valence-electron chi connectivity index (χ1n) is 15.5. The molecule has 0 aromatic heterocycles. The molecule has 5 rings (SSSR count). The van der Waals surface area contributed by atoms with Crippen LogP contribution in [0.5, 0.6) is 0 Å². The number of halogens is 5. The average molecular weight is 592 g/mol.